The normalized spacial score (nSPS) is 10.5. The molecule has 86 valence electrons. The molecular weight excluding hydrogens is 198 g/mol. The molecule has 1 heterocycles. The van der Waals surface area contributed by atoms with Gasteiger partial charge in [0.05, 0.1) is 6.61 Å². The summed E-state index contributed by atoms with van der Waals surface area (Å²) >= 11 is 0. The lowest BCUT2D eigenvalue weighted by atomic mass is 10.5. The maximum absolute atomic E-state index is 5.27. The standard InChI is InChI=1S/C9H17N3O3/c1-3-5-14-7-8-11-9(15-12-8)10-4-6-13-2/h3-7H2,1-2H3,(H,10,11,12). The largest absolute Gasteiger partial charge is 0.383 e. The predicted molar refractivity (Wildman–Crippen MR) is 54.6 cm³/mol. The molecule has 0 saturated heterocycles. The molecule has 1 aromatic heterocycles. The molecule has 0 unspecified atom stereocenters. The molecule has 0 saturated carbocycles. The minimum absolute atomic E-state index is 0.392. The Labute approximate surface area is 88.9 Å². The van der Waals surface area contributed by atoms with Crippen molar-refractivity contribution in [2.45, 2.75) is 20.0 Å². The Hall–Kier alpha value is -1.14. The third-order valence-electron chi connectivity index (χ3n) is 1.63. The van der Waals surface area contributed by atoms with Gasteiger partial charge < -0.3 is 19.3 Å². The number of nitrogens with zero attached hydrogens (tertiary/aromatic N) is 2. The van der Waals surface area contributed by atoms with E-state index < -0.39 is 0 Å². The fourth-order valence-corrected chi connectivity index (χ4v) is 0.952. The van der Waals surface area contributed by atoms with Gasteiger partial charge in [-0.3, -0.25) is 0 Å². The minimum Gasteiger partial charge on any atom is -0.383 e. The highest BCUT2D eigenvalue weighted by molar-refractivity contribution is 5.17. The highest BCUT2D eigenvalue weighted by Crippen LogP contribution is 2.03. The van der Waals surface area contributed by atoms with Crippen molar-refractivity contribution in [3.8, 4) is 0 Å². The molecular formula is C9H17N3O3. The number of rotatable bonds is 8. The van der Waals surface area contributed by atoms with Gasteiger partial charge >= 0.3 is 6.01 Å². The van der Waals surface area contributed by atoms with E-state index in [-0.39, 0.29) is 0 Å². The van der Waals surface area contributed by atoms with Crippen molar-refractivity contribution >= 4 is 6.01 Å². The van der Waals surface area contributed by atoms with Gasteiger partial charge in [0.1, 0.15) is 6.61 Å². The average molecular weight is 215 g/mol. The maximum Gasteiger partial charge on any atom is 0.321 e. The van der Waals surface area contributed by atoms with E-state index in [0.717, 1.165) is 6.42 Å². The van der Waals surface area contributed by atoms with Crippen LogP contribution in [0.1, 0.15) is 19.2 Å². The van der Waals surface area contributed by atoms with Crippen LogP contribution in [0.15, 0.2) is 4.52 Å². The zero-order chi connectivity index (χ0) is 10.9. The molecule has 6 heteroatoms. The van der Waals surface area contributed by atoms with Crippen LogP contribution in [0.25, 0.3) is 0 Å². The van der Waals surface area contributed by atoms with E-state index in [1.165, 1.54) is 0 Å². The summed E-state index contributed by atoms with van der Waals surface area (Å²) in [6.45, 7) is 4.40. The first kappa shape index (κ1) is 11.9. The summed E-state index contributed by atoms with van der Waals surface area (Å²) in [7, 11) is 1.64. The van der Waals surface area contributed by atoms with Crippen LogP contribution in [-0.4, -0.2) is 37.0 Å². The molecule has 0 spiro atoms. The van der Waals surface area contributed by atoms with Crippen molar-refractivity contribution < 1.29 is 14.0 Å². The Balaban J connectivity index is 2.23. The predicted octanol–water partition coefficient (Wildman–Crippen LogP) is 1.05. The van der Waals surface area contributed by atoms with E-state index in [9.17, 15) is 0 Å². The zero-order valence-corrected chi connectivity index (χ0v) is 9.15. The summed E-state index contributed by atoms with van der Waals surface area (Å²) in [6.07, 6.45) is 0.983. The second-order valence-corrected chi connectivity index (χ2v) is 2.99. The topological polar surface area (TPSA) is 69.4 Å². The molecule has 15 heavy (non-hydrogen) atoms. The van der Waals surface area contributed by atoms with E-state index in [0.29, 0.717) is 38.2 Å². The molecule has 1 N–H and O–H groups in total. The second-order valence-electron chi connectivity index (χ2n) is 2.99. The molecule has 0 bridgehead atoms. The van der Waals surface area contributed by atoms with E-state index >= 15 is 0 Å². The number of nitrogens with one attached hydrogen (secondary N) is 1. The number of hydrogen-bond donors (Lipinski definition) is 1. The lowest BCUT2D eigenvalue weighted by Crippen LogP contribution is -2.07. The van der Waals surface area contributed by atoms with Gasteiger partial charge in [-0.2, -0.15) is 4.98 Å². The third-order valence-corrected chi connectivity index (χ3v) is 1.63. The Kier molecular flexibility index (Phi) is 5.72. The van der Waals surface area contributed by atoms with Crippen LogP contribution in [-0.2, 0) is 16.1 Å². The monoisotopic (exact) mass is 215 g/mol. The SMILES string of the molecule is CCCOCc1noc(NCCOC)n1. The minimum atomic E-state index is 0.392. The Morgan fingerprint density at radius 2 is 2.27 bits per heavy atom. The summed E-state index contributed by atoms with van der Waals surface area (Å²) in [6, 6.07) is 0.405. The van der Waals surface area contributed by atoms with Crippen LogP contribution in [0.3, 0.4) is 0 Å². The molecule has 1 rings (SSSR count). The molecule has 6 nitrogen and oxygen atoms in total. The zero-order valence-electron chi connectivity index (χ0n) is 9.15. The van der Waals surface area contributed by atoms with Crippen LogP contribution < -0.4 is 5.32 Å². The summed E-state index contributed by atoms with van der Waals surface area (Å²) in [4.78, 5) is 4.08. The van der Waals surface area contributed by atoms with Crippen molar-refractivity contribution in [1.29, 1.82) is 0 Å². The number of hydrogen-bond acceptors (Lipinski definition) is 6. The highest BCUT2D eigenvalue weighted by Gasteiger charge is 2.04. The molecule has 1 aromatic rings. The maximum atomic E-state index is 5.27. The third kappa shape index (κ3) is 4.75. The molecule has 0 aliphatic heterocycles. The van der Waals surface area contributed by atoms with Gasteiger partial charge in [0.2, 0.25) is 0 Å². The summed E-state index contributed by atoms with van der Waals surface area (Å²) in [5.41, 5.74) is 0. The number of aromatic nitrogens is 2. The van der Waals surface area contributed by atoms with Crippen molar-refractivity contribution in [1.82, 2.24) is 10.1 Å². The van der Waals surface area contributed by atoms with Crippen molar-refractivity contribution in [2.24, 2.45) is 0 Å². The number of ether oxygens (including phenoxy) is 2. The van der Waals surface area contributed by atoms with Gasteiger partial charge in [0.15, 0.2) is 5.82 Å². The fourth-order valence-electron chi connectivity index (χ4n) is 0.952. The van der Waals surface area contributed by atoms with Crippen LogP contribution in [0, 0.1) is 0 Å². The Bertz CT molecular complexity index is 240. The summed E-state index contributed by atoms with van der Waals surface area (Å²) in [5.74, 6) is 0.559. The fraction of sp³-hybridized carbons (Fsp3) is 0.778. The molecule has 0 amide bonds. The lowest BCUT2D eigenvalue weighted by Gasteiger charge is -1.97. The van der Waals surface area contributed by atoms with Gasteiger partial charge in [-0.15, -0.1) is 0 Å². The van der Waals surface area contributed by atoms with Crippen molar-refractivity contribution in [3.05, 3.63) is 5.82 Å². The van der Waals surface area contributed by atoms with Crippen LogP contribution in [0.2, 0.25) is 0 Å². The Morgan fingerprint density at radius 1 is 1.40 bits per heavy atom. The van der Waals surface area contributed by atoms with Gasteiger partial charge in [-0.25, -0.2) is 0 Å². The molecule has 0 radical (unpaired) electrons. The molecule has 0 fully saturated rings. The van der Waals surface area contributed by atoms with Gasteiger partial charge in [0.25, 0.3) is 0 Å². The molecule has 0 aliphatic rings. The van der Waals surface area contributed by atoms with Gasteiger partial charge in [0, 0.05) is 20.3 Å². The number of anilines is 1. The Morgan fingerprint density at radius 3 is 3.00 bits per heavy atom. The quantitative estimate of drug-likeness (QED) is 0.654. The van der Waals surface area contributed by atoms with E-state index in [1.807, 2.05) is 6.92 Å². The van der Waals surface area contributed by atoms with E-state index in [1.54, 1.807) is 7.11 Å². The van der Waals surface area contributed by atoms with Crippen molar-refractivity contribution in [3.63, 3.8) is 0 Å². The van der Waals surface area contributed by atoms with Crippen LogP contribution in [0.4, 0.5) is 6.01 Å². The van der Waals surface area contributed by atoms with Crippen LogP contribution in [0.5, 0.6) is 0 Å². The molecule has 0 aliphatic carbocycles. The lowest BCUT2D eigenvalue weighted by molar-refractivity contribution is 0.114. The molecule has 0 aromatic carbocycles. The van der Waals surface area contributed by atoms with E-state index in [2.05, 4.69) is 15.5 Å². The summed E-state index contributed by atoms with van der Waals surface area (Å²) < 4.78 is 15.1. The number of methoxy groups -OCH3 is 1. The van der Waals surface area contributed by atoms with Gasteiger partial charge in [-0.1, -0.05) is 12.1 Å². The highest BCUT2D eigenvalue weighted by atomic mass is 16.5. The first-order valence-electron chi connectivity index (χ1n) is 5.00. The average Bonchev–Trinajstić information content (AvgIpc) is 2.67. The molecule has 0 atom stereocenters. The first-order chi connectivity index (χ1) is 7.36. The van der Waals surface area contributed by atoms with E-state index in [4.69, 9.17) is 14.0 Å². The second kappa shape index (κ2) is 7.19. The first-order valence-corrected chi connectivity index (χ1v) is 5.00. The van der Waals surface area contributed by atoms with Gasteiger partial charge in [-0.05, 0) is 6.42 Å². The van der Waals surface area contributed by atoms with Crippen molar-refractivity contribution in [2.75, 3.05) is 32.2 Å². The smallest absolute Gasteiger partial charge is 0.321 e. The van der Waals surface area contributed by atoms with Crippen LogP contribution >= 0.6 is 0 Å². The summed E-state index contributed by atoms with van der Waals surface area (Å²) in [5, 5.41) is 6.69.